The van der Waals surface area contributed by atoms with Gasteiger partial charge in [-0.05, 0) is 37.5 Å². The van der Waals surface area contributed by atoms with E-state index in [0.717, 1.165) is 18.2 Å². The zero-order chi connectivity index (χ0) is 15.6. The van der Waals surface area contributed by atoms with Gasteiger partial charge in [0, 0.05) is 6.54 Å². The van der Waals surface area contributed by atoms with Gasteiger partial charge in [0.15, 0.2) is 0 Å². The van der Waals surface area contributed by atoms with Crippen molar-refractivity contribution in [1.29, 1.82) is 0 Å². The fourth-order valence-electron chi connectivity index (χ4n) is 2.04. The van der Waals surface area contributed by atoms with E-state index in [1.807, 2.05) is 13.8 Å². The molecule has 0 spiro atoms. The van der Waals surface area contributed by atoms with Crippen LogP contribution in [0.15, 0.2) is 23.1 Å². The number of hydrogen-bond acceptors (Lipinski definition) is 4. The Balaban J connectivity index is 2.85. The minimum Gasteiger partial charge on any atom is -0.398 e. The van der Waals surface area contributed by atoms with E-state index in [2.05, 4.69) is 4.72 Å². The highest BCUT2D eigenvalue weighted by Gasteiger charge is 2.26. The first-order valence-corrected chi connectivity index (χ1v) is 7.79. The van der Waals surface area contributed by atoms with Gasteiger partial charge in [-0.25, -0.2) is 17.5 Å². The van der Waals surface area contributed by atoms with Gasteiger partial charge in [-0.15, -0.1) is 0 Å². The normalized spacial score (nSPS) is 15.3. The quantitative estimate of drug-likeness (QED) is 0.694. The van der Waals surface area contributed by atoms with Crippen LogP contribution in [0.4, 0.5) is 10.1 Å². The van der Waals surface area contributed by atoms with E-state index < -0.39 is 21.4 Å². The third-order valence-electron chi connectivity index (χ3n) is 2.75. The van der Waals surface area contributed by atoms with Gasteiger partial charge >= 0.3 is 0 Å². The number of nitrogen functional groups attached to an aromatic ring is 1. The van der Waals surface area contributed by atoms with Crippen molar-refractivity contribution in [3.63, 3.8) is 0 Å². The fraction of sp³-hybridized carbons (Fsp3) is 0.538. The second kappa shape index (κ2) is 6.07. The molecule has 0 radical (unpaired) electrons. The molecule has 0 aromatic heterocycles. The molecule has 5 nitrogen and oxygen atoms in total. The van der Waals surface area contributed by atoms with Crippen LogP contribution in [0.3, 0.4) is 0 Å². The molecule has 4 N–H and O–H groups in total. The molecule has 20 heavy (non-hydrogen) atoms. The Bertz CT molecular complexity index is 571. The van der Waals surface area contributed by atoms with Crippen LogP contribution in [0.25, 0.3) is 0 Å². The Hall–Kier alpha value is -1.18. The molecule has 0 heterocycles. The summed E-state index contributed by atoms with van der Waals surface area (Å²) in [5, 5.41) is 10.1. The minimum absolute atomic E-state index is 0.135. The average molecular weight is 304 g/mol. The topological polar surface area (TPSA) is 92.4 Å². The van der Waals surface area contributed by atoms with Crippen LogP contribution in [-0.4, -0.2) is 25.7 Å². The summed E-state index contributed by atoms with van der Waals surface area (Å²) in [6, 6.07) is 3.07. The monoisotopic (exact) mass is 304 g/mol. The van der Waals surface area contributed by atoms with Gasteiger partial charge in [0.25, 0.3) is 0 Å². The van der Waals surface area contributed by atoms with Gasteiger partial charge in [-0.3, -0.25) is 0 Å². The standard InChI is InChI=1S/C13H21FN2O3S/c1-9(2)7-13(3,17)8-16-20(18,19)12-5-4-10(14)6-11(12)15/h4-6,9,16-17H,7-8,15H2,1-3H3. The maximum Gasteiger partial charge on any atom is 0.242 e. The van der Waals surface area contributed by atoms with Crippen LogP contribution in [0.1, 0.15) is 27.2 Å². The number of benzene rings is 1. The van der Waals surface area contributed by atoms with Crippen molar-refractivity contribution in [2.75, 3.05) is 12.3 Å². The van der Waals surface area contributed by atoms with Gasteiger partial charge in [0.1, 0.15) is 10.7 Å². The number of halogens is 1. The van der Waals surface area contributed by atoms with E-state index in [1.54, 1.807) is 6.92 Å². The van der Waals surface area contributed by atoms with Crippen LogP contribution < -0.4 is 10.5 Å². The lowest BCUT2D eigenvalue weighted by Crippen LogP contribution is -2.41. The summed E-state index contributed by atoms with van der Waals surface area (Å²) in [6.45, 7) is 5.29. The highest BCUT2D eigenvalue weighted by molar-refractivity contribution is 7.89. The first-order valence-electron chi connectivity index (χ1n) is 6.30. The second-order valence-electron chi connectivity index (χ2n) is 5.60. The summed E-state index contributed by atoms with van der Waals surface area (Å²) in [4.78, 5) is -0.195. The predicted octanol–water partition coefficient (Wildman–Crippen LogP) is 1.48. The van der Waals surface area contributed by atoms with E-state index in [0.29, 0.717) is 6.42 Å². The number of anilines is 1. The van der Waals surface area contributed by atoms with Crippen LogP contribution in [0.2, 0.25) is 0 Å². The van der Waals surface area contributed by atoms with Gasteiger partial charge in [0.05, 0.1) is 11.3 Å². The van der Waals surface area contributed by atoms with Crippen molar-refractivity contribution in [3.8, 4) is 0 Å². The molecule has 0 aliphatic rings. The Kier molecular flexibility index (Phi) is 5.12. The first kappa shape index (κ1) is 16.9. The number of aliphatic hydroxyl groups is 1. The van der Waals surface area contributed by atoms with Gasteiger partial charge < -0.3 is 10.8 Å². The first-order chi connectivity index (χ1) is 9.03. The third kappa shape index (κ3) is 4.73. The largest absolute Gasteiger partial charge is 0.398 e. The highest BCUT2D eigenvalue weighted by atomic mass is 32.2. The average Bonchev–Trinajstić information content (AvgIpc) is 2.24. The predicted molar refractivity (Wildman–Crippen MR) is 76.1 cm³/mol. The summed E-state index contributed by atoms with van der Waals surface area (Å²) >= 11 is 0. The molecule has 0 aliphatic heterocycles. The third-order valence-corrected chi connectivity index (χ3v) is 4.23. The molecule has 0 saturated heterocycles. The van der Waals surface area contributed by atoms with Crippen LogP contribution in [0.5, 0.6) is 0 Å². The molecule has 0 aliphatic carbocycles. The van der Waals surface area contributed by atoms with Gasteiger partial charge in [0.2, 0.25) is 10.0 Å². The van der Waals surface area contributed by atoms with Crippen molar-refractivity contribution in [2.45, 2.75) is 37.7 Å². The van der Waals surface area contributed by atoms with E-state index in [4.69, 9.17) is 5.73 Å². The van der Waals surface area contributed by atoms with E-state index in [-0.39, 0.29) is 23.0 Å². The summed E-state index contributed by atoms with van der Waals surface area (Å²) in [6.07, 6.45) is 0.453. The summed E-state index contributed by atoms with van der Waals surface area (Å²) in [5.74, 6) is -0.376. The lowest BCUT2D eigenvalue weighted by atomic mass is 9.95. The van der Waals surface area contributed by atoms with E-state index in [9.17, 15) is 17.9 Å². The van der Waals surface area contributed by atoms with Crippen molar-refractivity contribution in [3.05, 3.63) is 24.0 Å². The molecule has 0 bridgehead atoms. The number of nitrogens with two attached hydrogens (primary N) is 1. The number of nitrogens with one attached hydrogen (secondary N) is 1. The Morgan fingerprint density at radius 3 is 2.55 bits per heavy atom. The van der Waals surface area contributed by atoms with E-state index >= 15 is 0 Å². The zero-order valence-corrected chi connectivity index (χ0v) is 12.7. The number of sulfonamides is 1. The number of hydrogen-bond donors (Lipinski definition) is 3. The molecule has 1 atom stereocenters. The highest BCUT2D eigenvalue weighted by Crippen LogP contribution is 2.20. The summed E-state index contributed by atoms with van der Waals surface area (Å²) < 4.78 is 39.4. The summed E-state index contributed by atoms with van der Waals surface area (Å²) in [7, 11) is -3.88. The maximum absolute atomic E-state index is 12.9. The lowest BCUT2D eigenvalue weighted by Gasteiger charge is -2.25. The maximum atomic E-state index is 12.9. The molecular weight excluding hydrogens is 283 g/mol. The molecule has 0 saturated carbocycles. The molecule has 114 valence electrons. The molecule has 0 amide bonds. The molecule has 1 rings (SSSR count). The van der Waals surface area contributed by atoms with Crippen LogP contribution in [-0.2, 0) is 10.0 Å². The lowest BCUT2D eigenvalue weighted by molar-refractivity contribution is 0.0437. The molecule has 1 unspecified atom stereocenters. The van der Waals surface area contributed by atoms with Crippen LogP contribution in [0, 0.1) is 11.7 Å². The summed E-state index contributed by atoms with van der Waals surface area (Å²) in [5.41, 5.74) is 4.18. The molecule has 1 aromatic rings. The zero-order valence-electron chi connectivity index (χ0n) is 11.9. The van der Waals surface area contributed by atoms with E-state index in [1.165, 1.54) is 0 Å². The van der Waals surface area contributed by atoms with Crippen LogP contribution >= 0.6 is 0 Å². The molecule has 1 aromatic carbocycles. The van der Waals surface area contributed by atoms with Crippen molar-refractivity contribution in [1.82, 2.24) is 4.72 Å². The van der Waals surface area contributed by atoms with Crippen molar-refractivity contribution < 1.29 is 17.9 Å². The fourth-order valence-corrected chi connectivity index (χ4v) is 3.32. The SMILES string of the molecule is CC(C)CC(C)(O)CNS(=O)(=O)c1ccc(F)cc1N. The Labute approximate surface area is 119 Å². The van der Waals surface area contributed by atoms with Gasteiger partial charge in [-0.1, -0.05) is 13.8 Å². The second-order valence-corrected chi connectivity index (χ2v) is 7.34. The minimum atomic E-state index is -3.88. The van der Waals surface area contributed by atoms with Gasteiger partial charge in [-0.2, -0.15) is 0 Å². The molecule has 7 heteroatoms. The van der Waals surface area contributed by atoms with Crippen molar-refractivity contribution in [2.24, 2.45) is 5.92 Å². The van der Waals surface area contributed by atoms with Crippen molar-refractivity contribution >= 4 is 15.7 Å². The molecular formula is C13H21FN2O3S. The smallest absolute Gasteiger partial charge is 0.242 e. The number of rotatable bonds is 6. The molecule has 0 fully saturated rings. The Morgan fingerprint density at radius 1 is 1.45 bits per heavy atom. The Morgan fingerprint density at radius 2 is 2.05 bits per heavy atom.